The summed E-state index contributed by atoms with van der Waals surface area (Å²) < 4.78 is 0. The number of rotatable bonds is 2. The molecule has 0 saturated carbocycles. The highest BCUT2D eigenvalue weighted by Crippen LogP contribution is 2.21. The van der Waals surface area contributed by atoms with Crippen molar-refractivity contribution in [3.05, 3.63) is 18.1 Å². The number of aromatic nitrogens is 2. The molecule has 0 amide bonds. The van der Waals surface area contributed by atoms with Gasteiger partial charge in [-0.15, -0.1) is 0 Å². The zero-order valence-corrected chi connectivity index (χ0v) is 7.64. The highest BCUT2D eigenvalue weighted by atomic mass is 16.3. The molecule has 0 atom stereocenters. The predicted octanol–water partition coefficient (Wildman–Crippen LogP) is 0.214. The molecule has 0 unspecified atom stereocenters. The largest absolute Gasteiger partial charge is 0.396 e. The summed E-state index contributed by atoms with van der Waals surface area (Å²) in [5, 5.41) is 8.85. The van der Waals surface area contributed by atoms with Crippen molar-refractivity contribution in [3.8, 4) is 0 Å². The molecular weight excluding hydrogens is 166 g/mol. The summed E-state index contributed by atoms with van der Waals surface area (Å²) in [7, 11) is 0. The van der Waals surface area contributed by atoms with Gasteiger partial charge in [-0.2, -0.15) is 0 Å². The van der Waals surface area contributed by atoms with Crippen LogP contribution in [0.15, 0.2) is 12.3 Å². The Bertz CT molecular complexity index is 297. The summed E-state index contributed by atoms with van der Waals surface area (Å²) in [5.74, 6) is 2.19. The second-order valence-electron chi connectivity index (χ2n) is 3.42. The van der Waals surface area contributed by atoms with Crippen LogP contribution < -0.4 is 4.90 Å². The van der Waals surface area contributed by atoms with E-state index in [0.29, 0.717) is 5.92 Å². The first-order valence-electron chi connectivity index (χ1n) is 4.45. The minimum atomic E-state index is 0.278. The van der Waals surface area contributed by atoms with Gasteiger partial charge in [0.15, 0.2) is 0 Å². The number of aryl methyl sites for hydroxylation is 1. The van der Waals surface area contributed by atoms with E-state index in [1.165, 1.54) is 0 Å². The number of nitrogens with zero attached hydrogens (tertiary/aromatic N) is 3. The third-order valence-electron chi connectivity index (χ3n) is 2.30. The molecule has 2 rings (SSSR count). The van der Waals surface area contributed by atoms with Gasteiger partial charge in [0.25, 0.3) is 0 Å². The van der Waals surface area contributed by atoms with Crippen LogP contribution in [0.5, 0.6) is 0 Å². The fourth-order valence-electron chi connectivity index (χ4n) is 1.49. The SMILES string of the molecule is Cc1nccc(N2CC(CO)C2)n1. The molecule has 2 heterocycles. The number of hydrogen-bond donors (Lipinski definition) is 1. The summed E-state index contributed by atoms with van der Waals surface area (Å²) in [6, 6.07) is 1.90. The van der Waals surface area contributed by atoms with Gasteiger partial charge in [-0.1, -0.05) is 0 Å². The first-order chi connectivity index (χ1) is 6.29. The first-order valence-corrected chi connectivity index (χ1v) is 4.45. The van der Waals surface area contributed by atoms with E-state index in [0.717, 1.165) is 24.7 Å². The van der Waals surface area contributed by atoms with E-state index in [9.17, 15) is 0 Å². The van der Waals surface area contributed by atoms with Gasteiger partial charge in [0.1, 0.15) is 11.6 Å². The van der Waals surface area contributed by atoms with Crippen molar-refractivity contribution in [2.24, 2.45) is 5.92 Å². The number of anilines is 1. The Kier molecular flexibility index (Phi) is 2.14. The molecule has 1 aliphatic heterocycles. The average molecular weight is 179 g/mol. The number of aliphatic hydroxyl groups excluding tert-OH is 1. The number of hydrogen-bond acceptors (Lipinski definition) is 4. The van der Waals surface area contributed by atoms with Gasteiger partial charge >= 0.3 is 0 Å². The maximum absolute atomic E-state index is 8.85. The third-order valence-corrected chi connectivity index (χ3v) is 2.30. The van der Waals surface area contributed by atoms with Crippen LogP contribution in [0.25, 0.3) is 0 Å². The zero-order valence-electron chi connectivity index (χ0n) is 7.64. The lowest BCUT2D eigenvalue weighted by Gasteiger charge is -2.39. The smallest absolute Gasteiger partial charge is 0.132 e. The fraction of sp³-hybridized carbons (Fsp3) is 0.556. The molecule has 0 bridgehead atoms. The lowest BCUT2D eigenvalue weighted by molar-refractivity contribution is 0.200. The molecule has 0 spiro atoms. The van der Waals surface area contributed by atoms with Crippen molar-refractivity contribution >= 4 is 5.82 Å². The van der Waals surface area contributed by atoms with Gasteiger partial charge in [0.05, 0.1) is 0 Å². The standard InChI is InChI=1S/C9H13N3O/c1-7-10-3-2-9(11-7)12-4-8(5-12)6-13/h2-3,8,13H,4-6H2,1H3. The summed E-state index contributed by atoms with van der Waals surface area (Å²) in [6.07, 6.45) is 1.77. The molecule has 1 aromatic heterocycles. The van der Waals surface area contributed by atoms with Crippen LogP contribution in [0.2, 0.25) is 0 Å². The molecule has 70 valence electrons. The molecule has 1 N–H and O–H groups in total. The van der Waals surface area contributed by atoms with Gasteiger partial charge in [-0.3, -0.25) is 0 Å². The molecule has 0 aliphatic carbocycles. The summed E-state index contributed by atoms with van der Waals surface area (Å²) in [5.41, 5.74) is 0. The second-order valence-corrected chi connectivity index (χ2v) is 3.42. The maximum atomic E-state index is 8.85. The van der Waals surface area contributed by atoms with Crippen LogP contribution in [0.1, 0.15) is 5.82 Å². The van der Waals surface area contributed by atoms with Crippen molar-refractivity contribution in [1.82, 2.24) is 9.97 Å². The van der Waals surface area contributed by atoms with E-state index in [2.05, 4.69) is 14.9 Å². The van der Waals surface area contributed by atoms with E-state index < -0.39 is 0 Å². The molecule has 1 fully saturated rings. The molecule has 1 saturated heterocycles. The monoisotopic (exact) mass is 179 g/mol. The van der Waals surface area contributed by atoms with E-state index in [1.807, 2.05) is 13.0 Å². The van der Waals surface area contributed by atoms with Gasteiger partial charge in [-0.05, 0) is 13.0 Å². The average Bonchev–Trinajstić information content (AvgIpc) is 2.02. The minimum absolute atomic E-state index is 0.278. The molecule has 13 heavy (non-hydrogen) atoms. The molecule has 1 aromatic rings. The highest BCUT2D eigenvalue weighted by Gasteiger charge is 2.26. The topological polar surface area (TPSA) is 49.2 Å². The van der Waals surface area contributed by atoms with E-state index in [-0.39, 0.29) is 6.61 Å². The Morgan fingerprint density at radius 2 is 2.38 bits per heavy atom. The maximum Gasteiger partial charge on any atom is 0.132 e. The predicted molar refractivity (Wildman–Crippen MR) is 49.6 cm³/mol. The molecule has 1 aliphatic rings. The molecule has 4 heteroatoms. The van der Waals surface area contributed by atoms with Crippen molar-refractivity contribution < 1.29 is 5.11 Å². The van der Waals surface area contributed by atoms with Crippen molar-refractivity contribution in [1.29, 1.82) is 0 Å². The van der Waals surface area contributed by atoms with Crippen LogP contribution in [0, 0.1) is 12.8 Å². The van der Waals surface area contributed by atoms with E-state index in [4.69, 9.17) is 5.11 Å². The van der Waals surface area contributed by atoms with Gasteiger partial charge in [-0.25, -0.2) is 9.97 Å². The summed E-state index contributed by atoms with van der Waals surface area (Å²) in [4.78, 5) is 10.5. The Morgan fingerprint density at radius 1 is 1.62 bits per heavy atom. The molecule has 0 radical (unpaired) electrons. The van der Waals surface area contributed by atoms with Crippen LogP contribution in [-0.4, -0.2) is 34.8 Å². The third kappa shape index (κ3) is 1.62. The van der Waals surface area contributed by atoms with Crippen molar-refractivity contribution in [3.63, 3.8) is 0 Å². The Morgan fingerprint density at radius 3 is 3.00 bits per heavy atom. The van der Waals surface area contributed by atoms with Gasteiger partial charge < -0.3 is 10.0 Å². The first kappa shape index (κ1) is 8.44. The van der Waals surface area contributed by atoms with Crippen LogP contribution >= 0.6 is 0 Å². The van der Waals surface area contributed by atoms with Crippen molar-refractivity contribution in [2.75, 3.05) is 24.6 Å². The van der Waals surface area contributed by atoms with Crippen molar-refractivity contribution in [2.45, 2.75) is 6.92 Å². The van der Waals surface area contributed by atoms with Crippen LogP contribution in [0.3, 0.4) is 0 Å². The number of aliphatic hydroxyl groups is 1. The highest BCUT2D eigenvalue weighted by molar-refractivity contribution is 5.40. The van der Waals surface area contributed by atoms with E-state index >= 15 is 0 Å². The summed E-state index contributed by atoms with van der Waals surface area (Å²) in [6.45, 7) is 3.98. The lowest BCUT2D eigenvalue weighted by Crippen LogP contribution is -2.48. The Labute approximate surface area is 77.2 Å². The second kappa shape index (κ2) is 3.30. The molecular formula is C9H13N3O. The summed E-state index contributed by atoms with van der Waals surface area (Å²) >= 11 is 0. The van der Waals surface area contributed by atoms with Crippen LogP contribution in [0.4, 0.5) is 5.82 Å². The van der Waals surface area contributed by atoms with Gasteiger partial charge in [0, 0.05) is 31.8 Å². The zero-order chi connectivity index (χ0) is 9.26. The quantitative estimate of drug-likeness (QED) is 0.705. The van der Waals surface area contributed by atoms with Crippen LogP contribution in [-0.2, 0) is 0 Å². The van der Waals surface area contributed by atoms with Gasteiger partial charge in [0.2, 0.25) is 0 Å². The normalized spacial score (nSPS) is 17.2. The molecule has 4 nitrogen and oxygen atoms in total. The Hall–Kier alpha value is -1.16. The lowest BCUT2D eigenvalue weighted by atomic mass is 10.0. The van der Waals surface area contributed by atoms with E-state index in [1.54, 1.807) is 6.20 Å². The fourth-order valence-corrected chi connectivity index (χ4v) is 1.49. The Balaban J connectivity index is 2.03. The minimum Gasteiger partial charge on any atom is -0.396 e. The molecule has 0 aromatic carbocycles.